The molecule has 0 radical (unpaired) electrons. The minimum absolute atomic E-state index is 0.162. The molecular weight excluding hydrogens is 266 g/mol. The highest BCUT2D eigenvalue weighted by atomic mass is 16.5. The number of aromatic nitrogens is 1. The molecule has 106 valence electrons. The van der Waals surface area contributed by atoms with Crippen molar-refractivity contribution in [2.75, 3.05) is 0 Å². The highest BCUT2D eigenvalue weighted by Crippen LogP contribution is 2.38. The first-order chi connectivity index (χ1) is 10.2. The number of rotatable bonds is 3. The largest absolute Gasteiger partial charge is 0.460 e. The van der Waals surface area contributed by atoms with Crippen LogP contribution in [0.2, 0.25) is 0 Å². The fraction of sp³-hybridized carbons (Fsp3) is 0.125. The SMILES string of the molecule is C/C=C\C=C1/c2cccc(c2)-c2noc1c2COC(=N)N. The maximum Gasteiger partial charge on any atom is 0.279 e. The lowest BCUT2D eigenvalue weighted by atomic mass is 10.0. The van der Waals surface area contributed by atoms with E-state index in [1.165, 1.54) is 0 Å². The number of fused-ring (bicyclic) bond motifs is 5. The number of benzene rings is 1. The van der Waals surface area contributed by atoms with E-state index in [1.54, 1.807) is 0 Å². The molecule has 1 aliphatic carbocycles. The molecule has 3 rings (SSSR count). The first-order valence-electron chi connectivity index (χ1n) is 6.60. The predicted octanol–water partition coefficient (Wildman–Crippen LogP) is 3.07. The molecule has 21 heavy (non-hydrogen) atoms. The minimum Gasteiger partial charge on any atom is -0.460 e. The first kappa shape index (κ1) is 13.2. The van der Waals surface area contributed by atoms with Crippen molar-refractivity contribution < 1.29 is 9.26 Å². The van der Waals surface area contributed by atoms with Gasteiger partial charge in [0.25, 0.3) is 6.02 Å². The van der Waals surface area contributed by atoms with Crippen molar-refractivity contribution in [1.82, 2.24) is 5.16 Å². The number of hydrogen-bond acceptors (Lipinski definition) is 4. The molecule has 0 aliphatic heterocycles. The second-order valence-corrected chi connectivity index (χ2v) is 4.68. The third-order valence-corrected chi connectivity index (χ3v) is 3.31. The molecule has 0 saturated heterocycles. The van der Waals surface area contributed by atoms with E-state index in [9.17, 15) is 0 Å². The van der Waals surface area contributed by atoms with Gasteiger partial charge in [0.1, 0.15) is 12.3 Å². The Kier molecular flexibility index (Phi) is 3.31. The second kappa shape index (κ2) is 5.28. The predicted molar refractivity (Wildman–Crippen MR) is 80.5 cm³/mol. The van der Waals surface area contributed by atoms with Crippen LogP contribution < -0.4 is 5.73 Å². The van der Waals surface area contributed by atoms with Crippen molar-refractivity contribution >= 4 is 11.6 Å². The molecule has 0 fully saturated rings. The first-order valence-corrected chi connectivity index (χ1v) is 6.60. The third-order valence-electron chi connectivity index (χ3n) is 3.31. The molecule has 5 nitrogen and oxygen atoms in total. The Balaban J connectivity index is 2.17. The molecule has 0 amide bonds. The molecule has 5 heteroatoms. The quantitative estimate of drug-likeness (QED) is 0.570. The van der Waals surface area contributed by atoms with Crippen LogP contribution in [0.1, 0.15) is 23.8 Å². The lowest BCUT2D eigenvalue weighted by Crippen LogP contribution is -2.14. The third kappa shape index (κ3) is 2.33. The van der Waals surface area contributed by atoms with E-state index in [2.05, 4.69) is 11.2 Å². The summed E-state index contributed by atoms with van der Waals surface area (Å²) in [7, 11) is 0. The van der Waals surface area contributed by atoms with Crippen LogP contribution in [0.3, 0.4) is 0 Å². The van der Waals surface area contributed by atoms with Crippen LogP contribution in [0.15, 0.2) is 47.0 Å². The highest BCUT2D eigenvalue weighted by Gasteiger charge is 2.25. The summed E-state index contributed by atoms with van der Waals surface area (Å²) >= 11 is 0. The number of nitrogens with zero attached hydrogens (tertiary/aromatic N) is 1. The Morgan fingerprint density at radius 3 is 3.00 bits per heavy atom. The average Bonchev–Trinajstić information content (AvgIpc) is 2.86. The molecule has 1 aromatic heterocycles. The van der Waals surface area contributed by atoms with E-state index in [4.69, 9.17) is 20.4 Å². The summed E-state index contributed by atoms with van der Waals surface area (Å²) in [5.74, 6) is 0.658. The van der Waals surface area contributed by atoms with Gasteiger partial charge in [0.15, 0.2) is 5.76 Å². The summed E-state index contributed by atoms with van der Waals surface area (Å²) in [6.45, 7) is 2.12. The summed E-state index contributed by atoms with van der Waals surface area (Å²) in [5, 5.41) is 11.4. The lowest BCUT2D eigenvalue weighted by molar-refractivity contribution is 0.283. The van der Waals surface area contributed by atoms with Gasteiger partial charge in [0, 0.05) is 11.1 Å². The van der Waals surface area contributed by atoms with Crippen molar-refractivity contribution in [2.24, 2.45) is 5.73 Å². The maximum absolute atomic E-state index is 7.21. The van der Waals surface area contributed by atoms with Gasteiger partial charge < -0.3 is 15.0 Å². The zero-order valence-corrected chi connectivity index (χ0v) is 11.6. The van der Waals surface area contributed by atoms with E-state index in [1.807, 2.05) is 43.4 Å². The van der Waals surface area contributed by atoms with Gasteiger partial charge in [0.05, 0.1) is 5.56 Å². The molecule has 1 aliphatic rings. The molecule has 0 atom stereocenters. The number of nitrogens with one attached hydrogen (secondary N) is 1. The van der Waals surface area contributed by atoms with Gasteiger partial charge in [0.2, 0.25) is 0 Å². The van der Waals surface area contributed by atoms with Crippen LogP contribution in [0.4, 0.5) is 0 Å². The lowest BCUT2D eigenvalue weighted by Gasteiger charge is -2.05. The molecular formula is C16H15N3O2. The highest BCUT2D eigenvalue weighted by molar-refractivity contribution is 5.87. The number of ether oxygens (including phenoxy) is 1. The summed E-state index contributed by atoms with van der Waals surface area (Å²) in [5.41, 5.74) is 9.78. The Morgan fingerprint density at radius 2 is 2.24 bits per heavy atom. The van der Waals surface area contributed by atoms with Crippen LogP contribution in [0, 0.1) is 5.41 Å². The molecule has 3 N–H and O–H groups in total. The Morgan fingerprint density at radius 1 is 1.43 bits per heavy atom. The van der Waals surface area contributed by atoms with Crippen molar-refractivity contribution in [3.8, 4) is 11.3 Å². The molecule has 1 aromatic carbocycles. The van der Waals surface area contributed by atoms with Crippen LogP contribution in [-0.4, -0.2) is 11.2 Å². The molecule has 4 bridgehead atoms. The topological polar surface area (TPSA) is 85.1 Å². The van der Waals surface area contributed by atoms with Crippen molar-refractivity contribution in [1.29, 1.82) is 5.41 Å². The van der Waals surface area contributed by atoms with Crippen LogP contribution >= 0.6 is 0 Å². The zero-order valence-electron chi connectivity index (χ0n) is 11.6. The van der Waals surface area contributed by atoms with E-state index in [-0.39, 0.29) is 12.6 Å². The van der Waals surface area contributed by atoms with Gasteiger partial charge in [-0.05, 0) is 18.6 Å². The van der Waals surface area contributed by atoms with E-state index >= 15 is 0 Å². The Bertz CT molecular complexity index is 757. The summed E-state index contributed by atoms with van der Waals surface area (Å²) in [4.78, 5) is 0. The van der Waals surface area contributed by atoms with Crippen molar-refractivity contribution in [3.05, 3.63) is 59.4 Å². The van der Waals surface area contributed by atoms with Gasteiger partial charge in [-0.2, -0.15) is 0 Å². The van der Waals surface area contributed by atoms with Gasteiger partial charge in [-0.3, -0.25) is 5.41 Å². The fourth-order valence-electron chi connectivity index (χ4n) is 2.36. The van der Waals surface area contributed by atoms with E-state index in [0.717, 1.165) is 28.0 Å². The minimum atomic E-state index is -0.321. The maximum atomic E-state index is 7.21. The van der Waals surface area contributed by atoms with E-state index in [0.29, 0.717) is 5.76 Å². The molecule has 0 saturated carbocycles. The van der Waals surface area contributed by atoms with Crippen molar-refractivity contribution in [3.63, 3.8) is 0 Å². The van der Waals surface area contributed by atoms with Crippen LogP contribution in [0.5, 0.6) is 0 Å². The van der Waals surface area contributed by atoms with Gasteiger partial charge >= 0.3 is 0 Å². The van der Waals surface area contributed by atoms with Gasteiger partial charge in [-0.15, -0.1) is 0 Å². The number of hydrogen-bond donors (Lipinski definition) is 2. The molecule has 1 heterocycles. The van der Waals surface area contributed by atoms with Crippen LogP contribution in [0.25, 0.3) is 16.8 Å². The summed E-state index contributed by atoms with van der Waals surface area (Å²) in [6, 6.07) is 7.73. The van der Waals surface area contributed by atoms with Crippen LogP contribution in [-0.2, 0) is 11.3 Å². The number of allylic oxidation sites excluding steroid dienone is 3. The van der Waals surface area contributed by atoms with Gasteiger partial charge in [-0.25, -0.2) is 0 Å². The molecule has 0 spiro atoms. The fourth-order valence-corrected chi connectivity index (χ4v) is 2.36. The molecule has 0 unspecified atom stereocenters. The van der Waals surface area contributed by atoms with Gasteiger partial charge in [-0.1, -0.05) is 41.6 Å². The Labute approximate surface area is 122 Å². The monoisotopic (exact) mass is 281 g/mol. The molecule has 2 aromatic rings. The summed E-state index contributed by atoms with van der Waals surface area (Å²) in [6.07, 6.45) is 5.88. The normalized spacial score (nSPS) is 14.4. The zero-order chi connectivity index (χ0) is 14.8. The smallest absolute Gasteiger partial charge is 0.279 e. The number of amidine groups is 1. The Hall–Kier alpha value is -2.82. The average molecular weight is 281 g/mol. The number of nitrogens with two attached hydrogens (primary N) is 1. The standard InChI is InChI=1S/C16H15N3O2/c1-2-3-7-12-10-5-4-6-11(8-10)14-13(9-20-16(17)18)15(12)21-19-14/h2-8H,9H2,1H3,(H3,17,18)/b3-2-,12-7+. The second-order valence-electron chi connectivity index (χ2n) is 4.68. The van der Waals surface area contributed by atoms with E-state index < -0.39 is 0 Å². The van der Waals surface area contributed by atoms with Crippen molar-refractivity contribution in [2.45, 2.75) is 13.5 Å². The summed E-state index contributed by atoms with van der Waals surface area (Å²) < 4.78 is 10.7.